The van der Waals surface area contributed by atoms with E-state index in [9.17, 15) is 9.59 Å². The maximum atomic E-state index is 11.2. The van der Waals surface area contributed by atoms with Gasteiger partial charge in [-0.05, 0) is 24.7 Å². The number of aliphatic carboxylic acids is 1. The summed E-state index contributed by atoms with van der Waals surface area (Å²) < 4.78 is 0. The van der Waals surface area contributed by atoms with Gasteiger partial charge in [0.1, 0.15) is 0 Å². The molecule has 5 nitrogen and oxygen atoms in total. The number of rotatable bonds is 2. The van der Waals surface area contributed by atoms with E-state index in [4.69, 9.17) is 10.8 Å². The van der Waals surface area contributed by atoms with Gasteiger partial charge in [-0.2, -0.15) is 0 Å². The van der Waals surface area contributed by atoms with Gasteiger partial charge in [-0.3, -0.25) is 9.59 Å². The highest BCUT2D eigenvalue weighted by molar-refractivity contribution is 5.85. The Bertz CT molecular complexity index is 284. The van der Waals surface area contributed by atoms with Gasteiger partial charge in [0, 0.05) is 0 Å². The van der Waals surface area contributed by atoms with Crippen LogP contribution in [0, 0.1) is 23.7 Å². The topological polar surface area (TPSA) is 117 Å². The zero-order valence-electron chi connectivity index (χ0n) is 8.72. The first-order valence-electron chi connectivity index (χ1n) is 4.81. The number of allylic oxidation sites excluding steroid dienone is 2. The van der Waals surface area contributed by atoms with E-state index in [1.165, 1.54) is 0 Å². The van der Waals surface area contributed by atoms with Gasteiger partial charge in [0.25, 0.3) is 0 Å². The molecule has 0 aliphatic heterocycles. The summed E-state index contributed by atoms with van der Waals surface area (Å²) in [5.41, 5.74) is 5.25. The molecule has 0 radical (unpaired) electrons. The molecule has 15 heavy (non-hydrogen) atoms. The van der Waals surface area contributed by atoms with Gasteiger partial charge in [0.15, 0.2) is 0 Å². The molecule has 5 heteroatoms. The smallest absolute Gasteiger partial charge is 0.307 e. The van der Waals surface area contributed by atoms with Crippen molar-refractivity contribution in [1.29, 1.82) is 0 Å². The summed E-state index contributed by atoms with van der Waals surface area (Å²) in [4.78, 5) is 22.2. The number of primary amides is 1. The Balaban J connectivity index is 0.00000112. The van der Waals surface area contributed by atoms with Crippen LogP contribution in [0.3, 0.4) is 0 Å². The number of quaternary nitrogens is 1. The van der Waals surface area contributed by atoms with Gasteiger partial charge in [-0.15, -0.1) is 0 Å². The average molecular weight is 213 g/mol. The Kier molecular flexibility index (Phi) is 3.14. The minimum Gasteiger partial charge on any atom is -0.481 e. The zero-order valence-corrected chi connectivity index (χ0v) is 8.72. The van der Waals surface area contributed by atoms with Gasteiger partial charge in [-0.1, -0.05) is 12.2 Å². The Morgan fingerprint density at radius 3 is 1.87 bits per heavy atom. The molecule has 3 aliphatic rings. The van der Waals surface area contributed by atoms with Gasteiger partial charge >= 0.3 is 5.97 Å². The van der Waals surface area contributed by atoms with Gasteiger partial charge < -0.3 is 17.0 Å². The Morgan fingerprint density at radius 2 is 1.60 bits per heavy atom. The van der Waals surface area contributed by atoms with Crippen molar-refractivity contribution in [3.63, 3.8) is 0 Å². The van der Waals surface area contributed by atoms with E-state index in [1.54, 1.807) is 0 Å². The van der Waals surface area contributed by atoms with E-state index in [1.807, 2.05) is 12.2 Å². The zero-order chi connectivity index (χ0) is 10.3. The van der Waals surface area contributed by atoms with Crippen molar-refractivity contribution >= 4 is 11.9 Å². The van der Waals surface area contributed by atoms with Crippen molar-refractivity contribution in [2.75, 3.05) is 0 Å². The lowest BCUT2D eigenvalue weighted by atomic mass is 9.62. The van der Waals surface area contributed by atoms with E-state index in [2.05, 4.69) is 0 Å². The molecule has 0 saturated heterocycles. The monoisotopic (exact) mass is 213 g/mol. The molecule has 3 rings (SSSR count). The maximum absolute atomic E-state index is 11.2. The molecule has 0 aromatic heterocycles. The highest BCUT2D eigenvalue weighted by Gasteiger charge is 2.47. The number of amides is 1. The molecule has 84 valence electrons. The summed E-state index contributed by atoms with van der Waals surface area (Å²) in [6.07, 6.45) is 5.62. The highest BCUT2D eigenvalue weighted by Crippen LogP contribution is 2.44. The van der Waals surface area contributed by atoms with E-state index < -0.39 is 23.7 Å². The van der Waals surface area contributed by atoms with Gasteiger partial charge in [0.2, 0.25) is 5.91 Å². The summed E-state index contributed by atoms with van der Waals surface area (Å²) in [5.74, 6) is -2.44. The van der Waals surface area contributed by atoms with Crippen molar-refractivity contribution in [1.82, 2.24) is 6.15 Å². The van der Waals surface area contributed by atoms with Crippen LogP contribution in [0.25, 0.3) is 0 Å². The van der Waals surface area contributed by atoms with Crippen LogP contribution in [0.4, 0.5) is 0 Å². The molecule has 0 spiro atoms. The quantitative estimate of drug-likeness (QED) is 0.588. The molecule has 0 aromatic rings. The second-order valence-corrected chi connectivity index (χ2v) is 4.08. The van der Waals surface area contributed by atoms with Crippen LogP contribution < -0.4 is 11.9 Å². The first kappa shape index (κ1) is 11.7. The summed E-state index contributed by atoms with van der Waals surface area (Å²) in [5, 5.41) is 9.04. The number of carbonyl (C=O) groups excluding carboxylic acids is 1. The fourth-order valence-electron chi connectivity index (χ4n) is 2.72. The fourth-order valence-corrected chi connectivity index (χ4v) is 2.72. The SMILES string of the molecule is NC(=O)C1C2C=CC(CC2)C1C(=O)O.[NH4+]. The molecule has 7 N–H and O–H groups in total. The molecule has 4 atom stereocenters. The molecule has 1 saturated carbocycles. The number of nitrogens with two attached hydrogens (primary N) is 1. The van der Waals surface area contributed by atoms with Crippen molar-refractivity contribution in [2.45, 2.75) is 12.8 Å². The summed E-state index contributed by atoms with van der Waals surface area (Å²) in [7, 11) is 0. The van der Waals surface area contributed by atoms with E-state index in [-0.39, 0.29) is 18.0 Å². The lowest BCUT2D eigenvalue weighted by Gasteiger charge is -2.41. The van der Waals surface area contributed by atoms with Crippen molar-refractivity contribution in [3.8, 4) is 0 Å². The lowest BCUT2D eigenvalue weighted by Crippen LogP contribution is -2.47. The number of carboxylic acids is 1. The molecule has 1 amide bonds. The number of hydrogen-bond acceptors (Lipinski definition) is 2. The summed E-state index contributed by atoms with van der Waals surface area (Å²) in [6.45, 7) is 0. The van der Waals surface area contributed by atoms with Crippen LogP contribution in [0.2, 0.25) is 0 Å². The number of carboxylic acid groups (broad SMARTS) is 1. The Labute approximate surface area is 87.9 Å². The van der Waals surface area contributed by atoms with Crippen molar-refractivity contribution in [3.05, 3.63) is 12.2 Å². The van der Waals surface area contributed by atoms with E-state index in [0.29, 0.717) is 0 Å². The molecule has 3 aliphatic carbocycles. The second kappa shape index (κ2) is 4.02. The Hall–Kier alpha value is -1.36. The van der Waals surface area contributed by atoms with Gasteiger partial charge in [-0.25, -0.2) is 0 Å². The van der Waals surface area contributed by atoms with Crippen molar-refractivity contribution in [2.24, 2.45) is 29.4 Å². The van der Waals surface area contributed by atoms with E-state index in [0.717, 1.165) is 12.8 Å². The minimum absolute atomic E-state index is 0. The summed E-state index contributed by atoms with van der Waals surface area (Å²) >= 11 is 0. The normalized spacial score (nSPS) is 37.1. The molecule has 0 heterocycles. The standard InChI is InChI=1S/C10H13NO3.H3N/c11-9(12)7-5-1-3-6(4-2-5)8(7)10(13)14;/h1,3,5-8H,2,4H2,(H2,11,12)(H,13,14);1H3/p+1. The molecular weight excluding hydrogens is 196 g/mol. The fraction of sp³-hybridized carbons (Fsp3) is 0.600. The minimum atomic E-state index is -0.896. The maximum Gasteiger partial charge on any atom is 0.307 e. The molecule has 1 fully saturated rings. The summed E-state index contributed by atoms with van der Waals surface area (Å²) in [6, 6.07) is 0. The first-order valence-corrected chi connectivity index (χ1v) is 4.81. The molecule has 2 bridgehead atoms. The third-order valence-corrected chi connectivity index (χ3v) is 3.36. The van der Waals surface area contributed by atoms with E-state index >= 15 is 0 Å². The lowest BCUT2D eigenvalue weighted by molar-refractivity contribution is -0.152. The predicted molar refractivity (Wildman–Crippen MR) is 55.1 cm³/mol. The van der Waals surface area contributed by atoms with Crippen LogP contribution in [-0.4, -0.2) is 17.0 Å². The van der Waals surface area contributed by atoms with Crippen LogP contribution in [0.5, 0.6) is 0 Å². The third-order valence-electron chi connectivity index (χ3n) is 3.36. The number of hydrogen-bond donors (Lipinski definition) is 3. The third kappa shape index (κ3) is 1.74. The van der Waals surface area contributed by atoms with Gasteiger partial charge in [0.05, 0.1) is 11.8 Å². The van der Waals surface area contributed by atoms with Crippen LogP contribution >= 0.6 is 0 Å². The van der Waals surface area contributed by atoms with Crippen molar-refractivity contribution < 1.29 is 14.7 Å². The molecule has 4 unspecified atom stereocenters. The Morgan fingerprint density at radius 1 is 1.13 bits per heavy atom. The van der Waals surface area contributed by atoms with Crippen LogP contribution in [0.15, 0.2) is 12.2 Å². The molecular formula is C10H17N2O3+. The first-order chi connectivity index (χ1) is 6.61. The number of fused-ring (bicyclic) bond motifs is 2. The molecule has 0 aromatic carbocycles. The number of carbonyl (C=O) groups is 2. The predicted octanol–water partition coefficient (Wildman–Crippen LogP) is 0.761. The van der Waals surface area contributed by atoms with Crippen LogP contribution in [0.1, 0.15) is 12.8 Å². The average Bonchev–Trinajstić information content (AvgIpc) is 2.17. The second-order valence-electron chi connectivity index (χ2n) is 4.08. The van der Waals surface area contributed by atoms with Crippen LogP contribution in [-0.2, 0) is 9.59 Å². The highest BCUT2D eigenvalue weighted by atomic mass is 16.4. The largest absolute Gasteiger partial charge is 0.481 e.